The molecule has 1 aromatic rings. The Labute approximate surface area is 106 Å². The van der Waals surface area contributed by atoms with Gasteiger partial charge in [-0.15, -0.1) is 0 Å². The van der Waals surface area contributed by atoms with Crippen LogP contribution in [0.25, 0.3) is 6.08 Å². The Morgan fingerprint density at radius 2 is 2.00 bits per heavy atom. The van der Waals surface area contributed by atoms with E-state index in [1.54, 1.807) is 6.08 Å². The lowest BCUT2D eigenvalue weighted by molar-refractivity contribution is 0.141. The molecule has 2 rings (SSSR count). The average Bonchev–Trinajstić information content (AvgIpc) is 2.91. The van der Waals surface area contributed by atoms with Gasteiger partial charge in [-0.3, -0.25) is 0 Å². The van der Waals surface area contributed by atoms with Crippen LogP contribution in [0.3, 0.4) is 0 Å². The lowest BCUT2D eigenvalue weighted by Gasteiger charge is -2.11. The normalized spacial score (nSPS) is 17.6. The van der Waals surface area contributed by atoms with E-state index in [0.717, 1.165) is 24.3 Å². The third-order valence-electron chi connectivity index (χ3n) is 2.62. The fourth-order valence-electron chi connectivity index (χ4n) is 1.70. The van der Waals surface area contributed by atoms with E-state index >= 15 is 0 Å². The minimum Gasteiger partial charge on any atom is -0.488 e. The fraction of sp³-hybridized carbons (Fsp3) is 0.286. The number of hydrogen-bond donors (Lipinski definition) is 0. The van der Waals surface area contributed by atoms with Crippen LogP contribution in [0.2, 0.25) is 0 Å². The zero-order valence-corrected chi connectivity index (χ0v) is 9.80. The highest BCUT2D eigenvalue weighted by Gasteiger charge is 2.16. The van der Waals surface area contributed by atoms with E-state index in [1.165, 1.54) is 0 Å². The topological polar surface area (TPSA) is 66.0 Å². The predicted molar refractivity (Wildman–Crippen MR) is 65.5 cm³/mol. The highest BCUT2D eigenvalue weighted by Crippen LogP contribution is 2.18. The summed E-state index contributed by atoms with van der Waals surface area (Å²) in [5.74, 6) is 0.776. The maximum Gasteiger partial charge on any atom is 0.130 e. The maximum absolute atomic E-state index is 8.65. The molecule has 0 N–H and O–H groups in total. The van der Waals surface area contributed by atoms with E-state index in [9.17, 15) is 0 Å². The van der Waals surface area contributed by atoms with Crippen LogP contribution in [-0.4, -0.2) is 19.3 Å². The molecule has 4 heteroatoms. The molecule has 1 atom stereocenters. The standard InChI is InChI=1S/C14H12N2O2/c15-8-12(9-16)7-11-1-3-13(4-2-11)18-14-5-6-17-10-14/h1-4,7,14H,5-6,10H2/t14-/m1/s1. The molecule has 1 saturated heterocycles. The number of nitrogens with zero attached hydrogens (tertiary/aromatic N) is 2. The Bertz CT molecular complexity index is 498. The minimum absolute atomic E-state index is 0.0906. The molecule has 0 aromatic heterocycles. The van der Waals surface area contributed by atoms with E-state index < -0.39 is 0 Å². The maximum atomic E-state index is 8.65. The molecule has 0 amide bonds. The second kappa shape index (κ2) is 5.86. The number of rotatable bonds is 3. The molecule has 1 aliphatic heterocycles. The van der Waals surface area contributed by atoms with Gasteiger partial charge in [-0.2, -0.15) is 10.5 Å². The average molecular weight is 240 g/mol. The Hall–Kier alpha value is -2.30. The van der Waals surface area contributed by atoms with Gasteiger partial charge < -0.3 is 9.47 Å². The number of ether oxygens (including phenoxy) is 2. The van der Waals surface area contributed by atoms with Gasteiger partial charge in [0.15, 0.2) is 0 Å². The van der Waals surface area contributed by atoms with Crippen LogP contribution in [0.5, 0.6) is 5.75 Å². The molecule has 1 heterocycles. The van der Waals surface area contributed by atoms with Gasteiger partial charge in [-0.1, -0.05) is 12.1 Å². The first-order chi connectivity index (χ1) is 8.81. The van der Waals surface area contributed by atoms with Gasteiger partial charge in [-0.05, 0) is 23.8 Å². The molecular formula is C14H12N2O2. The molecule has 1 fully saturated rings. The second-order valence-electron chi connectivity index (χ2n) is 3.95. The van der Waals surface area contributed by atoms with Crippen molar-refractivity contribution in [3.8, 4) is 17.9 Å². The van der Waals surface area contributed by atoms with Crippen molar-refractivity contribution in [2.24, 2.45) is 0 Å². The van der Waals surface area contributed by atoms with Crippen LogP contribution in [0.15, 0.2) is 29.8 Å². The van der Waals surface area contributed by atoms with Crippen molar-refractivity contribution in [1.29, 1.82) is 10.5 Å². The molecule has 0 bridgehead atoms. The van der Waals surface area contributed by atoms with Gasteiger partial charge in [0.25, 0.3) is 0 Å². The van der Waals surface area contributed by atoms with Crippen LogP contribution in [0, 0.1) is 22.7 Å². The molecule has 0 radical (unpaired) electrons. The Kier molecular flexibility index (Phi) is 3.96. The van der Waals surface area contributed by atoms with Crippen LogP contribution < -0.4 is 4.74 Å². The first-order valence-corrected chi connectivity index (χ1v) is 5.68. The summed E-state index contributed by atoms with van der Waals surface area (Å²) < 4.78 is 10.9. The first-order valence-electron chi connectivity index (χ1n) is 5.68. The van der Waals surface area contributed by atoms with Gasteiger partial charge in [0, 0.05) is 6.42 Å². The Morgan fingerprint density at radius 3 is 2.56 bits per heavy atom. The van der Waals surface area contributed by atoms with Crippen molar-refractivity contribution in [3.05, 3.63) is 35.4 Å². The lowest BCUT2D eigenvalue weighted by atomic mass is 10.1. The van der Waals surface area contributed by atoms with Gasteiger partial charge in [-0.25, -0.2) is 0 Å². The first kappa shape index (κ1) is 12.2. The zero-order chi connectivity index (χ0) is 12.8. The smallest absolute Gasteiger partial charge is 0.130 e. The molecule has 1 aliphatic rings. The molecule has 18 heavy (non-hydrogen) atoms. The Morgan fingerprint density at radius 1 is 1.28 bits per heavy atom. The summed E-state index contributed by atoms with van der Waals surface area (Å²) in [6.45, 7) is 1.38. The molecule has 1 aromatic carbocycles. The van der Waals surface area contributed by atoms with Crippen LogP contribution in [0.1, 0.15) is 12.0 Å². The third kappa shape index (κ3) is 3.10. The monoisotopic (exact) mass is 240 g/mol. The highest BCUT2D eigenvalue weighted by atomic mass is 16.5. The van der Waals surface area contributed by atoms with Crippen molar-refractivity contribution < 1.29 is 9.47 Å². The Balaban J connectivity index is 2.04. The fourth-order valence-corrected chi connectivity index (χ4v) is 1.70. The van der Waals surface area contributed by atoms with Gasteiger partial charge >= 0.3 is 0 Å². The molecule has 90 valence electrons. The predicted octanol–water partition coefficient (Wildman–Crippen LogP) is 2.28. The van der Waals surface area contributed by atoms with E-state index in [2.05, 4.69) is 0 Å². The van der Waals surface area contributed by atoms with Crippen molar-refractivity contribution in [1.82, 2.24) is 0 Å². The summed E-state index contributed by atoms with van der Waals surface area (Å²) in [6, 6.07) is 10.9. The lowest BCUT2D eigenvalue weighted by Crippen LogP contribution is -2.15. The quantitative estimate of drug-likeness (QED) is 0.760. The van der Waals surface area contributed by atoms with Crippen molar-refractivity contribution in [3.63, 3.8) is 0 Å². The molecular weight excluding hydrogens is 228 g/mol. The van der Waals surface area contributed by atoms with Crippen LogP contribution >= 0.6 is 0 Å². The van der Waals surface area contributed by atoms with Gasteiger partial charge in [0.05, 0.1) is 13.2 Å². The summed E-state index contributed by atoms with van der Waals surface area (Å²) in [6.07, 6.45) is 2.58. The van der Waals surface area contributed by atoms with E-state index in [1.807, 2.05) is 36.4 Å². The van der Waals surface area contributed by atoms with Crippen molar-refractivity contribution >= 4 is 6.08 Å². The van der Waals surface area contributed by atoms with E-state index in [0.29, 0.717) is 6.61 Å². The van der Waals surface area contributed by atoms with Crippen LogP contribution in [-0.2, 0) is 4.74 Å². The molecule has 0 spiro atoms. The summed E-state index contributed by atoms with van der Waals surface area (Å²) in [7, 11) is 0. The largest absolute Gasteiger partial charge is 0.488 e. The summed E-state index contributed by atoms with van der Waals surface area (Å²) >= 11 is 0. The van der Waals surface area contributed by atoms with E-state index in [4.69, 9.17) is 20.0 Å². The number of nitriles is 2. The molecule has 0 unspecified atom stereocenters. The number of hydrogen-bond acceptors (Lipinski definition) is 4. The third-order valence-corrected chi connectivity index (χ3v) is 2.62. The summed E-state index contributed by atoms with van der Waals surface area (Å²) in [5, 5.41) is 17.3. The summed E-state index contributed by atoms with van der Waals surface area (Å²) in [4.78, 5) is 0. The molecule has 0 saturated carbocycles. The molecule has 0 aliphatic carbocycles. The van der Waals surface area contributed by atoms with Crippen LogP contribution in [0.4, 0.5) is 0 Å². The number of allylic oxidation sites excluding steroid dienone is 1. The SMILES string of the molecule is N#CC(C#N)=Cc1ccc(O[C@@H]2CCOC2)cc1. The van der Waals surface area contributed by atoms with E-state index in [-0.39, 0.29) is 11.7 Å². The minimum atomic E-state index is 0.0906. The zero-order valence-electron chi connectivity index (χ0n) is 9.80. The highest BCUT2D eigenvalue weighted by molar-refractivity contribution is 5.62. The second-order valence-corrected chi connectivity index (χ2v) is 3.95. The van der Waals surface area contributed by atoms with Gasteiger partial charge in [0.1, 0.15) is 29.6 Å². The van der Waals surface area contributed by atoms with Crippen molar-refractivity contribution in [2.75, 3.05) is 13.2 Å². The van der Waals surface area contributed by atoms with Gasteiger partial charge in [0.2, 0.25) is 0 Å². The molecule has 4 nitrogen and oxygen atoms in total. The van der Waals surface area contributed by atoms with Crippen molar-refractivity contribution in [2.45, 2.75) is 12.5 Å². The summed E-state index contributed by atoms with van der Waals surface area (Å²) in [5.41, 5.74) is 0.899. The number of benzene rings is 1.